The van der Waals surface area contributed by atoms with E-state index in [0.29, 0.717) is 18.5 Å². The molecule has 0 bridgehead atoms. The highest BCUT2D eigenvalue weighted by atomic mass is 35.5. The van der Waals surface area contributed by atoms with E-state index in [0.717, 1.165) is 6.42 Å². The third-order valence-electron chi connectivity index (χ3n) is 3.56. The molecule has 2 unspecified atom stereocenters. The summed E-state index contributed by atoms with van der Waals surface area (Å²) in [4.78, 5) is 29.3. The number of halogens is 2. The third kappa shape index (κ3) is 3.22. The van der Waals surface area contributed by atoms with E-state index in [9.17, 15) is 9.59 Å². The first kappa shape index (κ1) is 15.1. The number of likely N-dealkylation sites (tertiary alicyclic amines) is 1. The molecule has 1 aromatic heterocycles. The number of aromatic nitrogens is 1. The number of pyridine rings is 1. The molecule has 1 aliphatic heterocycles. The van der Waals surface area contributed by atoms with Crippen molar-refractivity contribution in [3.05, 3.63) is 28.0 Å². The Balaban J connectivity index is 2.24. The molecule has 1 aliphatic rings. The average molecular weight is 316 g/mol. The molecule has 0 radical (unpaired) electrons. The Kier molecular flexibility index (Phi) is 4.50. The highest BCUT2D eigenvalue weighted by molar-refractivity contribution is 6.33. The molecule has 0 aromatic carbocycles. The number of nitrogens with zero attached hydrogens (tertiary/aromatic N) is 2. The zero-order valence-electron chi connectivity index (χ0n) is 11.0. The number of hydrogen-bond donors (Lipinski definition) is 1. The number of primary amides is 1. The maximum absolute atomic E-state index is 12.5. The van der Waals surface area contributed by atoms with Crippen LogP contribution in [0.1, 0.15) is 30.1 Å². The Hall–Kier alpha value is -1.33. The Bertz CT molecular complexity index is 530. The van der Waals surface area contributed by atoms with Crippen LogP contribution in [0.4, 0.5) is 0 Å². The number of carbonyl (C=O) groups excluding carboxylic acids is 2. The van der Waals surface area contributed by atoms with E-state index in [1.807, 2.05) is 6.92 Å². The lowest BCUT2D eigenvalue weighted by Crippen LogP contribution is -2.48. The Labute approximate surface area is 127 Å². The molecule has 1 saturated heterocycles. The maximum atomic E-state index is 12.5. The quantitative estimate of drug-likeness (QED) is 0.849. The van der Waals surface area contributed by atoms with E-state index in [1.165, 1.54) is 12.1 Å². The fourth-order valence-electron chi connectivity index (χ4n) is 2.38. The van der Waals surface area contributed by atoms with Crippen molar-refractivity contribution < 1.29 is 9.59 Å². The van der Waals surface area contributed by atoms with Crippen LogP contribution in [0, 0.1) is 5.92 Å². The molecule has 2 amide bonds. The third-order valence-corrected chi connectivity index (χ3v) is 3.94. The van der Waals surface area contributed by atoms with E-state index in [1.54, 1.807) is 4.90 Å². The lowest BCUT2D eigenvalue weighted by molar-refractivity contribution is -0.123. The van der Waals surface area contributed by atoms with E-state index < -0.39 is 0 Å². The molecular weight excluding hydrogens is 301 g/mol. The molecule has 5 nitrogen and oxygen atoms in total. The van der Waals surface area contributed by atoms with Gasteiger partial charge in [-0.15, -0.1) is 0 Å². The second-order valence-electron chi connectivity index (χ2n) is 4.98. The average Bonchev–Trinajstić information content (AvgIpc) is 2.37. The maximum Gasteiger partial charge on any atom is 0.254 e. The van der Waals surface area contributed by atoms with Gasteiger partial charge in [0.05, 0.1) is 5.92 Å². The SMILES string of the molecule is CC1CCC(C(N)=O)CN1C(=O)c1cc(Cl)nc(Cl)c1. The fourth-order valence-corrected chi connectivity index (χ4v) is 2.84. The molecule has 2 atom stereocenters. The molecule has 20 heavy (non-hydrogen) atoms. The first-order chi connectivity index (χ1) is 9.38. The highest BCUT2D eigenvalue weighted by Crippen LogP contribution is 2.25. The number of piperidine rings is 1. The first-order valence-electron chi connectivity index (χ1n) is 6.32. The fraction of sp³-hybridized carbons (Fsp3) is 0.462. The van der Waals surface area contributed by atoms with Gasteiger partial charge in [0.2, 0.25) is 5.91 Å². The van der Waals surface area contributed by atoms with Crippen molar-refractivity contribution in [2.75, 3.05) is 6.54 Å². The topological polar surface area (TPSA) is 76.3 Å². The number of amides is 2. The van der Waals surface area contributed by atoms with Gasteiger partial charge in [-0.1, -0.05) is 23.2 Å². The van der Waals surface area contributed by atoms with Crippen LogP contribution in [0.3, 0.4) is 0 Å². The molecule has 2 rings (SSSR count). The van der Waals surface area contributed by atoms with Crippen LogP contribution in [0.15, 0.2) is 12.1 Å². The predicted molar refractivity (Wildman–Crippen MR) is 76.7 cm³/mol. The second-order valence-corrected chi connectivity index (χ2v) is 5.76. The molecule has 1 fully saturated rings. The molecule has 2 N–H and O–H groups in total. The summed E-state index contributed by atoms with van der Waals surface area (Å²) >= 11 is 11.6. The van der Waals surface area contributed by atoms with Crippen LogP contribution in [-0.2, 0) is 4.79 Å². The summed E-state index contributed by atoms with van der Waals surface area (Å²) in [6.07, 6.45) is 1.45. The van der Waals surface area contributed by atoms with Gasteiger partial charge in [0.15, 0.2) is 0 Å². The summed E-state index contributed by atoms with van der Waals surface area (Å²) in [7, 11) is 0. The summed E-state index contributed by atoms with van der Waals surface area (Å²) in [6.45, 7) is 2.27. The number of rotatable bonds is 2. The first-order valence-corrected chi connectivity index (χ1v) is 7.07. The van der Waals surface area contributed by atoms with Crippen LogP contribution in [-0.4, -0.2) is 34.3 Å². The lowest BCUT2D eigenvalue weighted by Gasteiger charge is -2.37. The normalized spacial score (nSPS) is 22.6. The highest BCUT2D eigenvalue weighted by Gasteiger charge is 2.32. The summed E-state index contributed by atoms with van der Waals surface area (Å²) in [5, 5.41) is 0.328. The van der Waals surface area contributed by atoms with Crippen LogP contribution >= 0.6 is 23.2 Å². The van der Waals surface area contributed by atoms with Crippen molar-refractivity contribution >= 4 is 35.0 Å². The minimum Gasteiger partial charge on any atom is -0.369 e. The molecule has 2 heterocycles. The molecule has 0 spiro atoms. The van der Waals surface area contributed by atoms with Crippen molar-refractivity contribution in [2.24, 2.45) is 11.7 Å². The zero-order valence-corrected chi connectivity index (χ0v) is 12.5. The van der Waals surface area contributed by atoms with Gasteiger partial charge in [-0.05, 0) is 31.9 Å². The van der Waals surface area contributed by atoms with Gasteiger partial charge in [0, 0.05) is 18.2 Å². The molecule has 0 aliphatic carbocycles. The molecule has 1 aromatic rings. The van der Waals surface area contributed by atoms with Gasteiger partial charge in [-0.3, -0.25) is 9.59 Å². The van der Waals surface area contributed by atoms with Crippen molar-refractivity contribution in [3.63, 3.8) is 0 Å². The van der Waals surface area contributed by atoms with Crippen LogP contribution in [0.2, 0.25) is 10.3 Å². The van der Waals surface area contributed by atoms with Crippen LogP contribution in [0.25, 0.3) is 0 Å². The van der Waals surface area contributed by atoms with Gasteiger partial charge < -0.3 is 10.6 Å². The summed E-state index contributed by atoms with van der Waals surface area (Å²) in [5.74, 6) is -0.891. The molecular formula is C13H15Cl2N3O2. The summed E-state index contributed by atoms with van der Waals surface area (Å²) in [6, 6.07) is 2.98. The van der Waals surface area contributed by atoms with Gasteiger partial charge >= 0.3 is 0 Å². The summed E-state index contributed by atoms with van der Waals surface area (Å²) in [5.41, 5.74) is 5.70. The van der Waals surface area contributed by atoms with Crippen molar-refractivity contribution in [3.8, 4) is 0 Å². The van der Waals surface area contributed by atoms with E-state index in [-0.39, 0.29) is 34.1 Å². The van der Waals surface area contributed by atoms with Crippen LogP contribution < -0.4 is 5.73 Å². The number of carbonyl (C=O) groups is 2. The standard InChI is InChI=1S/C13H15Cl2N3O2/c1-7-2-3-8(12(16)19)6-18(7)13(20)9-4-10(14)17-11(15)5-9/h4-5,7-8H,2-3,6H2,1H3,(H2,16,19). The van der Waals surface area contributed by atoms with Crippen molar-refractivity contribution in [1.82, 2.24) is 9.88 Å². The largest absolute Gasteiger partial charge is 0.369 e. The van der Waals surface area contributed by atoms with E-state index in [4.69, 9.17) is 28.9 Å². The Morgan fingerprint density at radius 2 is 1.90 bits per heavy atom. The zero-order chi connectivity index (χ0) is 14.9. The van der Waals surface area contributed by atoms with Crippen LogP contribution in [0.5, 0.6) is 0 Å². The Morgan fingerprint density at radius 3 is 2.45 bits per heavy atom. The number of nitrogens with two attached hydrogens (primary N) is 1. The summed E-state index contributed by atoms with van der Waals surface area (Å²) < 4.78 is 0. The molecule has 0 saturated carbocycles. The van der Waals surface area contributed by atoms with E-state index in [2.05, 4.69) is 4.98 Å². The monoisotopic (exact) mass is 315 g/mol. The van der Waals surface area contributed by atoms with Gasteiger partial charge in [0.25, 0.3) is 5.91 Å². The van der Waals surface area contributed by atoms with Gasteiger partial charge in [-0.2, -0.15) is 0 Å². The molecule has 108 valence electrons. The predicted octanol–water partition coefficient (Wildman–Crippen LogP) is 2.11. The minimum absolute atomic E-state index is 0.0452. The van der Waals surface area contributed by atoms with Gasteiger partial charge in [-0.25, -0.2) is 4.98 Å². The Morgan fingerprint density at radius 1 is 1.30 bits per heavy atom. The lowest BCUT2D eigenvalue weighted by atomic mass is 9.92. The van der Waals surface area contributed by atoms with Gasteiger partial charge in [0.1, 0.15) is 10.3 Å². The van der Waals surface area contributed by atoms with Crippen molar-refractivity contribution in [2.45, 2.75) is 25.8 Å². The minimum atomic E-state index is -0.375. The van der Waals surface area contributed by atoms with Crippen molar-refractivity contribution in [1.29, 1.82) is 0 Å². The van der Waals surface area contributed by atoms with E-state index >= 15 is 0 Å². The second kappa shape index (κ2) is 5.97. The number of hydrogen-bond acceptors (Lipinski definition) is 3. The molecule has 7 heteroatoms. The smallest absolute Gasteiger partial charge is 0.254 e.